The fourth-order valence-electron chi connectivity index (χ4n) is 2.60. The molecule has 0 aliphatic heterocycles. The molecule has 0 aromatic heterocycles. The van der Waals surface area contributed by atoms with Crippen molar-refractivity contribution >= 4 is 5.91 Å². The maximum absolute atomic E-state index is 13.5. The van der Waals surface area contributed by atoms with Crippen molar-refractivity contribution in [2.24, 2.45) is 0 Å². The third-order valence-electron chi connectivity index (χ3n) is 4.05. The number of benzene rings is 2. The first kappa shape index (κ1) is 18.1. The summed E-state index contributed by atoms with van der Waals surface area (Å²) in [4.78, 5) is 13.1. The summed E-state index contributed by atoms with van der Waals surface area (Å²) in [5, 5.41) is 2.78. The van der Waals surface area contributed by atoms with Crippen LogP contribution in [0.5, 0.6) is 0 Å². The third-order valence-corrected chi connectivity index (χ3v) is 4.05. The maximum Gasteiger partial charge on any atom is 0.275 e. The van der Waals surface area contributed by atoms with Gasteiger partial charge in [0.15, 0.2) is 6.54 Å². The number of hydrogen-bond acceptors (Lipinski definition) is 1. The largest absolute Gasteiger partial charge is 0.347 e. The second kappa shape index (κ2) is 8.60. The molecule has 0 bridgehead atoms. The first-order valence-electron chi connectivity index (χ1n) is 8.36. The molecule has 4 heteroatoms. The van der Waals surface area contributed by atoms with E-state index in [9.17, 15) is 9.18 Å². The van der Waals surface area contributed by atoms with Gasteiger partial charge in [-0.05, 0) is 17.5 Å². The number of nitrogens with one attached hydrogen (secondary N) is 2. The molecule has 0 radical (unpaired) electrons. The van der Waals surface area contributed by atoms with Crippen molar-refractivity contribution in [3.05, 3.63) is 71.0 Å². The molecular weight excluding hydrogens is 303 g/mol. The Hall–Kier alpha value is -2.20. The van der Waals surface area contributed by atoms with Crippen molar-refractivity contribution in [1.82, 2.24) is 5.32 Å². The van der Waals surface area contributed by atoms with Crippen LogP contribution >= 0.6 is 0 Å². The molecule has 0 saturated carbocycles. The van der Waals surface area contributed by atoms with E-state index in [2.05, 4.69) is 43.4 Å². The topological polar surface area (TPSA) is 33.5 Å². The van der Waals surface area contributed by atoms with Gasteiger partial charge in [0, 0.05) is 17.7 Å². The van der Waals surface area contributed by atoms with Gasteiger partial charge in [0.25, 0.3) is 5.91 Å². The van der Waals surface area contributed by atoms with E-state index in [0.29, 0.717) is 18.0 Å². The Morgan fingerprint density at radius 2 is 1.79 bits per heavy atom. The summed E-state index contributed by atoms with van der Waals surface area (Å²) in [6.07, 6.45) is 0. The molecule has 2 aromatic rings. The highest BCUT2D eigenvalue weighted by Gasteiger charge is 2.11. The van der Waals surface area contributed by atoms with E-state index < -0.39 is 0 Å². The minimum Gasteiger partial charge on any atom is -0.347 e. The highest BCUT2D eigenvalue weighted by Crippen LogP contribution is 2.14. The highest BCUT2D eigenvalue weighted by atomic mass is 19.1. The molecule has 1 amide bonds. The molecular formula is C20H26FN2O+. The van der Waals surface area contributed by atoms with E-state index in [0.717, 1.165) is 11.4 Å². The van der Waals surface area contributed by atoms with Crippen LogP contribution in [0.15, 0.2) is 48.5 Å². The van der Waals surface area contributed by atoms with E-state index >= 15 is 0 Å². The fraction of sp³-hybridized carbons (Fsp3) is 0.350. The minimum absolute atomic E-state index is 0.0745. The van der Waals surface area contributed by atoms with Crippen molar-refractivity contribution in [2.75, 3.05) is 13.6 Å². The number of amides is 1. The monoisotopic (exact) mass is 329 g/mol. The van der Waals surface area contributed by atoms with E-state index in [1.165, 1.54) is 17.2 Å². The van der Waals surface area contributed by atoms with Gasteiger partial charge < -0.3 is 10.2 Å². The number of likely N-dealkylation sites (N-methyl/N-ethyl adjacent to an activating group) is 1. The molecule has 1 unspecified atom stereocenters. The SMILES string of the molecule is CC(C)c1ccc(C[NH+](C)CC(=O)NCc2ccccc2F)cc1. The van der Waals surface area contributed by atoms with Crippen LogP contribution in [0.4, 0.5) is 4.39 Å². The smallest absolute Gasteiger partial charge is 0.275 e. The van der Waals surface area contributed by atoms with Gasteiger partial charge >= 0.3 is 0 Å². The predicted octanol–water partition coefficient (Wildman–Crippen LogP) is 2.28. The van der Waals surface area contributed by atoms with Crippen LogP contribution < -0.4 is 10.2 Å². The lowest BCUT2D eigenvalue weighted by Crippen LogP contribution is -3.08. The van der Waals surface area contributed by atoms with Gasteiger partial charge in [-0.25, -0.2) is 4.39 Å². The summed E-state index contributed by atoms with van der Waals surface area (Å²) in [5.41, 5.74) is 3.03. The number of hydrogen-bond donors (Lipinski definition) is 2. The Bertz CT molecular complexity index is 668. The van der Waals surface area contributed by atoms with Crippen molar-refractivity contribution in [1.29, 1.82) is 0 Å². The Kier molecular flexibility index (Phi) is 6.50. The summed E-state index contributed by atoms with van der Waals surface area (Å²) in [6.45, 7) is 5.71. The quantitative estimate of drug-likeness (QED) is 0.803. The molecule has 0 saturated heterocycles. The van der Waals surface area contributed by atoms with E-state index in [-0.39, 0.29) is 18.3 Å². The highest BCUT2D eigenvalue weighted by molar-refractivity contribution is 5.76. The van der Waals surface area contributed by atoms with Gasteiger partial charge in [0.05, 0.1) is 7.05 Å². The van der Waals surface area contributed by atoms with Gasteiger partial charge in [0.1, 0.15) is 12.4 Å². The van der Waals surface area contributed by atoms with E-state index in [1.54, 1.807) is 18.2 Å². The van der Waals surface area contributed by atoms with Crippen molar-refractivity contribution in [3.63, 3.8) is 0 Å². The van der Waals surface area contributed by atoms with E-state index in [4.69, 9.17) is 0 Å². The third kappa shape index (κ3) is 5.46. The molecule has 0 aliphatic carbocycles. The van der Waals surface area contributed by atoms with Gasteiger partial charge in [-0.2, -0.15) is 0 Å². The lowest BCUT2D eigenvalue weighted by molar-refractivity contribution is -0.885. The fourth-order valence-corrected chi connectivity index (χ4v) is 2.60. The zero-order chi connectivity index (χ0) is 17.5. The first-order chi connectivity index (χ1) is 11.5. The number of halogens is 1. The molecule has 0 fully saturated rings. The molecule has 0 heterocycles. The zero-order valence-electron chi connectivity index (χ0n) is 14.6. The van der Waals surface area contributed by atoms with Crippen molar-refractivity contribution in [3.8, 4) is 0 Å². The molecule has 2 rings (SSSR count). The van der Waals surface area contributed by atoms with Crippen molar-refractivity contribution in [2.45, 2.75) is 32.9 Å². The first-order valence-corrected chi connectivity index (χ1v) is 8.36. The molecule has 128 valence electrons. The summed E-state index contributed by atoms with van der Waals surface area (Å²) in [6, 6.07) is 15.0. The van der Waals surface area contributed by atoms with Gasteiger partial charge in [-0.15, -0.1) is 0 Å². The molecule has 0 spiro atoms. The van der Waals surface area contributed by atoms with Crippen LogP contribution in [0.2, 0.25) is 0 Å². The predicted molar refractivity (Wildman–Crippen MR) is 94.2 cm³/mol. The molecule has 1 atom stereocenters. The number of quaternary nitrogens is 1. The van der Waals surface area contributed by atoms with Gasteiger partial charge in [-0.3, -0.25) is 4.79 Å². The summed E-state index contributed by atoms with van der Waals surface area (Å²) in [5.74, 6) is 0.159. The zero-order valence-corrected chi connectivity index (χ0v) is 14.6. The Labute approximate surface area is 143 Å². The Morgan fingerprint density at radius 3 is 2.42 bits per heavy atom. The summed E-state index contributed by atoms with van der Waals surface area (Å²) < 4.78 is 13.5. The van der Waals surface area contributed by atoms with Crippen molar-refractivity contribution < 1.29 is 14.1 Å². The number of carbonyl (C=O) groups excluding carboxylic acids is 1. The number of rotatable bonds is 7. The average molecular weight is 329 g/mol. The Morgan fingerprint density at radius 1 is 1.12 bits per heavy atom. The molecule has 2 N–H and O–H groups in total. The standard InChI is InChI=1S/C20H25FN2O/c1-15(2)17-10-8-16(9-11-17)13-23(3)14-20(24)22-12-18-6-4-5-7-19(18)21/h4-11,15H,12-14H2,1-3H3,(H,22,24)/p+1. The van der Waals surface area contributed by atoms with E-state index in [1.807, 2.05) is 7.05 Å². The molecule has 2 aromatic carbocycles. The van der Waals surface area contributed by atoms with Crippen LogP contribution in [0.1, 0.15) is 36.5 Å². The normalized spacial score (nSPS) is 12.2. The lowest BCUT2D eigenvalue weighted by Gasteiger charge is -2.15. The van der Waals surface area contributed by atoms with Gasteiger partial charge in [0.2, 0.25) is 0 Å². The molecule has 0 aliphatic rings. The molecule has 24 heavy (non-hydrogen) atoms. The summed E-state index contributed by atoms with van der Waals surface area (Å²) >= 11 is 0. The van der Waals surface area contributed by atoms with Crippen LogP contribution in [-0.4, -0.2) is 19.5 Å². The lowest BCUT2D eigenvalue weighted by atomic mass is 10.0. The van der Waals surface area contributed by atoms with Crippen LogP contribution in [0, 0.1) is 5.82 Å². The average Bonchev–Trinajstić information content (AvgIpc) is 2.54. The maximum atomic E-state index is 13.5. The van der Waals surface area contributed by atoms with Crippen LogP contribution in [-0.2, 0) is 17.9 Å². The van der Waals surface area contributed by atoms with Gasteiger partial charge in [-0.1, -0.05) is 56.3 Å². The minimum atomic E-state index is -0.288. The van der Waals surface area contributed by atoms with Crippen LogP contribution in [0.3, 0.4) is 0 Å². The second-order valence-electron chi connectivity index (χ2n) is 6.58. The Balaban J connectivity index is 1.80. The second-order valence-corrected chi connectivity index (χ2v) is 6.58. The molecule has 3 nitrogen and oxygen atoms in total. The summed E-state index contributed by atoms with van der Waals surface area (Å²) in [7, 11) is 1.99. The van der Waals surface area contributed by atoms with Crippen LogP contribution in [0.25, 0.3) is 0 Å². The number of carbonyl (C=O) groups is 1.